The fourth-order valence-corrected chi connectivity index (χ4v) is 2.36. The van der Waals surface area contributed by atoms with Crippen LogP contribution in [-0.2, 0) is 9.53 Å². The quantitative estimate of drug-likeness (QED) is 0.173. The first kappa shape index (κ1) is 20.7. The van der Waals surface area contributed by atoms with E-state index in [-0.39, 0.29) is 5.97 Å². The van der Waals surface area contributed by atoms with Crippen LogP contribution in [0.1, 0.15) is 78.6 Å². The number of allylic oxidation sites excluding steroid dienone is 2. The fourth-order valence-electron chi connectivity index (χ4n) is 2.08. The predicted molar refractivity (Wildman–Crippen MR) is 94.9 cm³/mol. The molecule has 0 spiro atoms. The predicted octanol–water partition coefficient (Wildman–Crippen LogP) is 6.04. The number of rotatable bonds is 13. The zero-order valence-electron chi connectivity index (χ0n) is 14.1. The molecule has 0 aliphatic heterocycles. The Labute approximate surface area is 139 Å². The number of alkyl halides is 1. The Balaban J connectivity index is 3.35. The topological polar surface area (TPSA) is 26.3 Å². The number of hydrogen-bond donors (Lipinski definition) is 0. The smallest absolute Gasteiger partial charge is 0.305 e. The van der Waals surface area contributed by atoms with Crippen LogP contribution in [0.15, 0.2) is 12.2 Å². The monoisotopic (exact) mass is 360 g/mol. The molecule has 0 aromatic heterocycles. The summed E-state index contributed by atoms with van der Waals surface area (Å²) in [6.07, 6.45) is 13.8. The van der Waals surface area contributed by atoms with Crippen LogP contribution in [0, 0.1) is 5.41 Å². The summed E-state index contributed by atoms with van der Waals surface area (Å²) in [5.41, 5.74) is 0.369. The third-order valence-electron chi connectivity index (χ3n) is 3.61. The molecule has 0 bridgehead atoms. The molecular formula is C18H33BrO2. The molecule has 3 heteroatoms. The first-order chi connectivity index (χ1) is 10.0. The van der Waals surface area contributed by atoms with E-state index in [1.807, 2.05) is 6.92 Å². The second-order valence-electron chi connectivity index (χ2n) is 6.50. The highest BCUT2D eigenvalue weighted by Gasteiger charge is 2.15. The summed E-state index contributed by atoms with van der Waals surface area (Å²) in [5, 5.41) is 1.04. The van der Waals surface area contributed by atoms with Gasteiger partial charge in [0.1, 0.15) is 0 Å². The molecule has 0 aliphatic rings. The zero-order valence-corrected chi connectivity index (χ0v) is 15.7. The second kappa shape index (κ2) is 13.4. The molecule has 0 aliphatic carbocycles. The van der Waals surface area contributed by atoms with E-state index >= 15 is 0 Å². The average molecular weight is 361 g/mol. The lowest BCUT2D eigenvalue weighted by Crippen LogP contribution is -2.12. The van der Waals surface area contributed by atoms with Crippen LogP contribution < -0.4 is 0 Å². The van der Waals surface area contributed by atoms with Gasteiger partial charge in [-0.15, -0.1) is 0 Å². The Morgan fingerprint density at radius 3 is 2.48 bits per heavy atom. The molecule has 0 heterocycles. The third-order valence-corrected chi connectivity index (χ3v) is 5.13. The molecular weight excluding hydrogens is 328 g/mol. The Bertz CT molecular complexity index is 285. The minimum absolute atomic E-state index is 0.0248. The second-order valence-corrected chi connectivity index (χ2v) is 7.06. The van der Waals surface area contributed by atoms with Crippen molar-refractivity contribution in [2.45, 2.75) is 78.6 Å². The number of carbonyl (C=O) groups is 1. The SMILES string of the molecule is C/C=C/CCCCCOC(=O)CCCCCC(C)(C)CBr. The normalized spacial score (nSPS) is 12.0. The van der Waals surface area contributed by atoms with Gasteiger partial charge in [-0.2, -0.15) is 0 Å². The highest BCUT2D eigenvalue weighted by atomic mass is 79.9. The Morgan fingerprint density at radius 2 is 1.81 bits per heavy atom. The van der Waals surface area contributed by atoms with E-state index in [0.717, 1.165) is 37.4 Å². The highest BCUT2D eigenvalue weighted by molar-refractivity contribution is 9.09. The number of hydrogen-bond acceptors (Lipinski definition) is 2. The van der Waals surface area contributed by atoms with E-state index in [1.54, 1.807) is 0 Å². The summed E-state index contributed by atoms with van der Waals surface area (Å²) in [6, 6.07) is 0. The molecule has 0 fully saturated rings. The molecule has 2 nitrogen and oxygen atoms in total. The third kappa shape index (κ3) is 14.4. The van der Waals surface area contributed by atoms with Crippen molar-refractivity contribution in [2.24, 2.45) is 5.41 Å². The molecule has 0 saturated heterocycles. The van der Waals surface area contributed by atoms with Gasteiger partial charge in [0.05, 0.1) is 6.61 Å². The van der Waals surface area contributed by atoms with Crippen LogP contribution in [0.2, 0.25) is 0 Å². The number of unbranched alkanes of at least 4 members (excludes halogenated alkanes) is 5. The van der Waals surface area contributed by atoms with Crippen molar-refractivity contribution < 1.29 is 9.53 Å². The zero-order chi connectivity index (χ0) is 16.0. The Hall–Kier alpha value is -0.310. The van der Waals surface area contributed by atoms with Crippen molar-refractivity contribution in [1.29, 1.82) is 0 Å². The molecule has 0 radical (unpaired) electrons. The van der Waals surface area contributed by atoms with Gasteiger partial charge in [0.2, 0.25) is 0 Å². The van der Waals surface area contributed by atoms with Crippen molar-refractivity contribution >= 4 is 21.9 Å². The summed E-state index contributed by atoms with van der Waals surface area (Å²) >= 11 is 3.54. The van der Waals surface area contributed by atoms with Crippen LogP contribution in [0.25, 0.3) is 0 Å². The summed E-state index contributed by atoms with van der Waals surface area (Å²) in [6.45, 7) is 7.17. The molecule has 0 aromatic carbocycles. The van der Waals surface area contributed by atoms with Crippen molar-refractivity contribution in [1.82, 2.24) is 0 Å². The molecule has 21 heavy (non-hydrogen) atoms. The standard InChI is InChI=1S/C18H33BrO2/c1-4-5-6-7-8-12-15-21-17(20)13-10-9-11-14-18(2,3)16-19/h4-5H,6-16H2,1-3H3/b5-4+. The summed E-state index contributed by atoms with van der Waals surface area (Å²) in [5.74, 6) is -0.0248. The van der Waals surface area contributed by atoms with Gasteiger partial charge in [0.15, 0.2) is 0 Å². The Kier molecular flexibility index (Phi) is 13.2. The average Bonchev–Trinajstić information content (AvgIpc) is 2.46. The van der Waals surface area contributed by atoms with Crippen LogP contribution in [-0.4, -0.2) is 17.9 Å². The lowest BCUT2D eigenvalue weighted by atomic mass is 9.89. The molecule has 124 valence electrons. The van der Waals surface area contributed by atoms with E-state index in [4.69, 9.17) is 4.74 Å². The van der Waals surface area contributed by atoms with Crippen molar-refractivity contribution in [3.63, 3.8) is 0 Å². The van der Waals surface area contributed by atoms with E-state index in [0.29, 0.717) is 18.4 Å². The van der Waals surface area contributed by atoms with Gasteiger partial charge in [0.25, 0.3) is 0 Å². The lowest BCUT2D eigenvalue weighted by molar-refractivity contribution is -0.143. The summed E-state index contributed by atoms with van der Waals surface area (Å²) in [4.78, 5) is 11.6. The van der Waals surface area contributed by atoms with Gasteiger partial charge in [-0.05, 0) is 50.9 Å². The van der Waals surface area contributed by atoms with Gasteiger partial charge in [0, 0.05) is 11.8 Å². The van der Waals surface area contributed by atoms with E-state index < -0.39 is 0 Å². The van der Waals surface area contributed by atoms with Crippen molar-refractivity contribution in [2.75, 3.05) is 11.9 Å². The molecule has 0 amide bonds. The van der Waals surface area contributed by atoms with Crippen molar-refractivity contribution in [3.8, 4) is 0 Å². The largest absolute Gasteiger partial charge is 0.466 e. The van der Waals surface area contributed by atoms with E-state index in [2.05, 4.69) is 41.9 Å². The fraction of sp³-hybridized carbons (Fsp3) is 0.833. The van der Waals surface area contributed by atoms with Gasteiger partial charge < -0.3 is 4.74 Å². The minimum atomic E-state index is -0.0248. The van der Waals surface area contributed by atoms with Gasteiger partial charge in [-0.1, -0.05) is 54.8 Å². The Morgan fingerprint density at radius 1 is 1.10 bits per heavy atom. The van der Waals surface area contributed by atoms with Gasteiger partial charge in [-0.25, -0.2) is 0 Å². The van der Waals surface area contributed by atoms with Gasteiger partial charge >= 0.3 is 5.97 Å². The molecule has 0 unspecified atom stereocenters. The van der Waals surface area contributed by atoms with Crippen LogP contribution in [0.3, 0.4) is 0 Å². The van der Waals surface area contributed by atoms with Crippen LogP contribution >= 0.6 is 15.9 Å². The molecule has 0 atom stereocenters. The first-order valence-electron chi connectivity index (χ1n) is 8.34. The number of carbonyl (C=O) groups excluding carboxylic acids is 1. The summed E-state index contributed by atoms with van der Waals surface area (Å²) < 4.78 is 5.25. The number of esters is 1. The maximum Gasteiger partial charge on any atom is 0.305 e. The number of ether oxygens (including phenoxy) is 1. The number of halogens is 1. The molecule has 0 saturated carbocycles. The summed E-state index contributed by atoms with van der Waals surface area (Å²) in [7, 11) is 0. The van der Waals surface area contributed by atoms with Crippen molar-refractivity contribution in [3.05, 3.63) is 12.2 Å². The maximum absolute atomic E-state index is 11.6. The molecule has 0 aromatic rings. The van der Waals surface area contributed by atoms with E-state index in [1.165, 1.54) is 19.3 Å². The first-order valence-corrected chi connectivity index (χ1v) is 9.47. The van der Waals surface area contributed by atoms with Crippen LogP contribution in [0.4, 0.5) is 0 Å². The van der Waals surface area contributed by atoms with Gasteiger partial charge in [-0.3, -0.25) is 4.79 Å². The molecule has 0 rings (SSSR count). The minimum Gasteiger partial charge on any atom is -0.466 e. The highest BCUT2D eigenvalue weighted by Crippen LogP contribution is 2.25. The molecule has 0 N–H and O–H groups in total. The van der Waals surface area contributed by atoms with Crippen LogP contribution in [0.5, 0.6) is 0 Å². The lowest BCUT2D eigenvalue weighted by Gasteiger charge is -2.20. The maximum atomic E-state index is 11.6. The van der Waals surface area contributed by atoms with E-state index in [9.17, 15) is 4.79 Å².